The van der Waals surface area contributed by atoms with Crippen molar-refractivity contribution >= 4 is 17.5 Å². The molecule has 0 heterocycles. The molecule has 0 aromatic heterocycles. The zero-order valence-corrected chi connectivity index (χ0v) is 14.5. The fourth-order valence-corrected chi connectivity index (χ4v) is 2.27. The van der Waals surface area contributed by atoms with Gasteiger partial charge in [0.2, 0.25) is 5.91 Å². The van der Waals surface area contributed by atoms with Gasteiger partial charge in [-0.3, -0.25) is 14.5 Å². The van der Waals surface area contributed by atoms with E-state index in [2.05, 4.69) is 5.32 Å². The number of anilines is 1. The molecule has 2 rings (SSSR count). The van der Waals surface area contributed by atoms with Crippen LogP contribution in [0.15, 0.2) is 48.5 Å². The normalized spacial score (nSPS) is 10.5. The molecule has 0 aliphatic carbocycles. The van der Waals surface area contributed by atoms with Crippen LogP contribution in [0.25, 0.3) is 0 Å². The van der Waals surface area contributed by atoms with Crippen LogP contribution in [0, 0.1) is 6.92 Å². The van der Waals surface area contributed by atoms with Crippen LogP contribution in [0.2, 0.25) is 0 Å². The fraction of sp³-hybridized carbons (Fsp3) is 0.263. The molecule has 0 aliphatic rings. The molecule has 0 fully saturated rings. The van der Waals surface area contributed by atoms with Gasteiger partial charge in [0.1, 0.15) is 12.4 Å². The van der Waals surface area contributed by atoms with E-state index in [0.717, 1.165) is 5.75 Å². The molecule has 6 nitrogen and oxygen atoms in total. The monoisotopic (exact) mass is 341 g/mol. The van der Waals surface area contributed by atoms with E-state index in [4.69, 9.17) is 10.5 Å². The van der Waals surface area contributed by atoms with Gasteiger partial charge < -0.3 is 15.8 Å². The van der Waals surface area contributed by atoms with Crippen molar-refractivity contribution in [2.45, 2.75) is 6.92 Å². The summed E-state index contributed by atoms with van der Waals surface area (Å²) in [4.78, 5) is 25.3. The highest BCUT2D eigenvalue weighted by Crippen LogP contribution is 2.14. The average molecular weight is 341 g/mol. The smallest absolute Gasteiger partial charge is 0.250 e. The van der Waals surface area contributed by atoms with Crippen LogP contribution in [0.3, 0.4) is 0 Å². The number of primary amides is 1. The lowest BCUT2D eigenvalue weighted by Gasteiger charge is -2.17. The highest BCUT2D eigenvalue weighted by molar-refractivity contribution is 6.03. The number of aryl methyl sites for hydroxylation is 1. The zero-order chi connectivity index (χ0) is 18.2. The summed E-state index contributed by atoms with van der Waals surface area (Å²) in [6.07, 6.45) is 0. The van der Waals surface area contributed by atoms with Gasteiger partial charge in [-0.15, -0.1) is 0 Å². The van der Waals surface area contributed by atoms with Crippen LogP contribution >= 0.6 is 0 Å². The molecule has 0 saturated carbocycles. The van der Waals surface area contributed by atoms with E-state index >= 15 is 0 Å². The summed E-state index contributed by atoms with van der Waals surface area (Å²) in [6, 6.07) is 14.5. The molecular weight excluding hydrogens is 318 g/mol. The van der Waals surface area contributed by atoms with Gasteiger partial charge in [-0.05, 0) is 38.2 Å². The summed E-state index contributed by atoms with van der Waals surface area (Å²) < 4.78 is 5.65. The van der Waals surface area contributed by atoms with E-state index < -0.39 is 5.91 Å². The van der Waals surface area contributed by atoms with Crippen molar-refractivity contribution in [2.24, 2.45) is 5.73 Å². The third-order valence-corrected chi connectivity index (χ3v) is 3.64. The van der Waals surface area contributed by atoms with E-state index in [1.807, 2.05) is 43.1 Å². The van der Waals surface area contributed by atoms with Gasteiger partial charge in [-0.2, -0.15) is 0 Å². The number of amides is 2. The molecule has 2 amide bonds. The van der Waals surface area contributed by atoms with E-state index in [0.29, 0.717) is 24.4 Å². The van der Waals surface area contributed by atoms with E-state index in [1.165, 1.54) is 5.56 Å². The number of hydrogen-bond acceptors (Lipinski definition) is 4. The molecular formula is C19H23N3O3. The predicted molar refractivity (Wildman–Crippen MR) is 97.8 cm³/mol. The molecule has 0 unspecified atom stereocenters. The number of hydrogen-bond donors (Lipinski definition) is 2. The lowest BCUT2D eigenvalue weighted by molar-refractivity contribution is -0.117. The van der Waals surface area contributed by atoms with Crippen LogP contribution in [-0.2, 0) is 4.79 Å². The Morgan fingerprint density at radius 1 is 1.12 bits per heavy atom. The number of nitrogens with zero attached hydrogens (tertiary/aromatic N) is 1. The third kappa shape index (κ3) is 5.93. The fourth-order valence-electron chi connectivity index (χ4n) is 2.27. The minimum absolute atomic E-state index is 0.185. The van der Waals surface area contributed by atoms with Gasteiger partial charge in [-0.1, -0.05) is 29.8 Å². The summed E-state index contributed by atoms with van der Waals surface area (Å²) in [6.45, 7) is 3.28. The first kappa shape index (κ1) is 18.5. The average Bonchev–Trinajstić information content (AvgIpc) is 2.57. The Morgan fingerprint density at radius 3 is 2.48 bits per heavy atom. The van der Waals surface area contributed by atoms with Gasteiger partial charge in [0.15, 0.2) is 0 Å². The lowest BCUT2D eigenvalue weighted by atomic mass is 10.1. The van der Waals surface area contributed by atoms with Crippen molar-refractivity contribution in [3.8, 4) is 5.75 Å². The maximum Gasteiger partial charge on any atom is 0.250 e. The molecule has 0 spiro atoms. The Hall–Kier alpha value is -2.86. The summed E-state index contributed by atoms with van der Waals surface area (Å²) >= 11 is 0. The van der Waals surface area contributed by atoms with Gasteiger partial charge in [0.25, 0.3) is 5.91 Å². The van der Waals surface area contributed by atoms with Gasteiger partial charge >= 0.3 is 0 Å². The van der Waals surface area contributed by atoms with Gasteiger partial charge in [-0.25, -0.2) is 0 Å². The first-order valence-corrected chi connectivity index (χ1v) is 8.02. The maximum absolute atomic E-state index is 12.1. The largest absolute Gasteiger partial charge is 0.492 e. The van der Waals surface area contributed by atoms with Crippen LogP contribution < -0.4 is 15.8 Å². The molecule has 0 radical (unpaired) electrons. The number of nitrogens with one attached hydrogen (secondary N) is 1. The first-order chi connectivity index (χ1) is 12.0. The van der Waals surface area contributed by atoms with Gasteiger partial charge in [0.05, 0.1) is 17.8 Å². The summed E-state index contributed by atoms with van der Waals surface area (Å²) in [5, 5.41) is 2.71. The molecule has 0 bridgehead atoms. The van der Waals surface area contributed by atoms with Crippen molar-refractivity contribution < 1.29 is 14.3 Å². The number of rotatable bonds is 8. The van der Waals surface area contributed by atoms with Crippen LogP contribution in [0.4, 0.5) is 5.69 Å². The van der Waals surface area contributed by atoms with Crippen molar-refractivity contribution in [2.75, 3.05) is 32.1 Å². The van der Waals surface area contributed by atoms with Crippen LogP contribution in [0.5, 0.6) is 5.75 Å². The second-order valence-corrected chi connectivity index (χ2v) is 5.86. The molecule has 2 aromatic rings. The zero-order valence-electron chi connectivity index (χ0n) is 14.5. The highest BCUT2D eigenvalue weighted by atomic mass is 16.5. The highest BCUT2D eigenvalue weighted by Gasteiger charge is 2.12. The molecule has 0 atom stereocenters. The number of ether oxygens (including phenoxy) is 1. The Labute approximate surface area is 147 Å². The van der Waals surface area contributed by atoms with Gasteiger partial charge in [0, 0.05) is 6.54 Å². The van der Waals surface area contributed by atoms with Crippen LogP contribution in [-0.4, -0.2) is 43.5 Å². The molecule has 3 N–H and O–H groups in total. The first-order valence-electron chi connectivity index (χ1n) is 8.02. The lowest BCUT2D eigenvalue weighted by Crippen LogP contribution is -2.33. The van der Waals surface area contributed by atoms with Crippen LogP contribution in [0.1, 0.15) is 15.9 Å². The molecule has 2 aromatic carbocycles. The Bertz CT molecular complexity index is 729. The van der Waals surface area contributed by atoms with Crippen molar-refractivity contribution in [3.05, 3.63) is 59.7 Å². The predicted octanol–water partition coefficient (Wildman–Crippen LogP) is 2.04. The number of carbonyl (C=O) groups is 2. The summed E-state index contributed by atoms with van der Waals surface area (Å²) in [7, 11) is 1.83. The Morgan fingerprint density at radius 2 is 1.80 bits per heavy atom. The minimum Gasteiger partial charge on any atom is -0.492 e. The molecule has 6 heteroatoms. The molecule has 0 saturated heterocycles. The van der Waals surface area contributed by atoms with E-state index in [1.54, 1.807) is 24.3 Å². The second kappa shape index (κ2) is 8.84. The number of likely N-dealkylation sites (N-methyl/N-ethyl adjacent to an activating group) is 1. The Kier molecular flexibility index (Phi) is 6.54. The third-order valence-electron chi connectivity index (χ3n) is 3.64. The van der Waals surface area contributed by atoms with E-state index in [-0.39, 0.29) is 12.5 Å². The number of para-hydroxylation sites is 1. The second-order valence-electron chi connectivity index (χ2n) is 5.86. The van der Waals surface area contributed by atoms with E-state index in [9.17, 15) is 9.59 Å². The van der Waals surface area contributed by atoms with Crippen molar-refractivity contribution in [1.29, 1.82) is 0 Å². The maximum atomic E-state index is 12.1. The van der Waals surface area contributed by atoms with Crippen molar-refractivity contribution in [3.63, 3.8) is 0 Å². The summed E-state index contributed by atoms with van der Waals surface area (Å²) in [5.41, 5.74) is 7.20. The SMILES string of the molecule is Cc1ccc(OCCN(C)CC(=O)Nc2ccccc2C(N)=O)cc1. The number of nitrogens with two attached hydrogens (primary N) is 1. The number of carbonyl (C=O) groups excluding carboxylic acids is 2. The van der Waals surface area contributed by atoms with Crippen molar-refractivity contribution in [1.82, 2.24) is 4.90 Å². The quantitative estimate of drug-likeness (QED) is 0.769. The standard InChI is InChI=1S/C19H23N3O3/c1-14-7-9-15(10-8-14)25-12-11-22(2)13-18(23)21-17-6-4-3-5-16(17)19(20)24/h3-10H,11-13H2,1-2H3,(H2,20,24)(H,21,23). The number of benzene rings is 2. The molecule has 25 heavy (non-hydrogen) atoms. The Balaban J connectivity index is 1.78. The topological polar surface area (TPSA) is 84.7 Å². The summed E-state index contributed by atoms with van der Waals surface area (Å²) in [5.74, 6) is 0.0149. The minimum atomic E-state index is -0.573. The molecule has 0 aliphatic heterocycles. The molecule has 132 valence electrons.